The first-order valence-electron chi connectivity index (χ1n) is 10.7. The SMILES string of the molecule is CCCOc1ccc(/C(O)=C2/C(=O)C(=O)N(Cc3cccnc3)C2c2ccc(O)cc2)cc1. The molecule has 33 heavy (non-hydrogen) atoms. The number of nitrogens with zero attached hydrogens (tertiary/aromatic N) is 2. The second-order valence-corrected chi connectivity index (χ2v) is 7.75. The molecular formula is C26H24N2O5. The van der Waals surface area contributed by atoms with Gasteiger partial charge in [-0.15, -0.1) is 0 Å². The van der Waals surface area contributed by atoms with E-state index in [1.807, 2.05) is 13.0 Å². The molecule has 1 unspecified atom stereocenters. The number of carbonyl (C=O) groups is 2. The number of Topliss-reactive ketones (excluding diaryl/α,β-unsaturated/α-hetero) is 1. The van der Waals surface area contributed by atoms with Crippen molar-refractivity contribution in [2.45, 2.75) is 25.9 Å². The van der Waals surface area contributed by atoms with Crippen LogP contribution in [-0.2, 0) is 16.1 Å². The van der Waals surface area contributed by atoms with Gasteiger partial charge in [-0.3, -0.25) is 14.6 Å². The van der Waals surface area contributed by atoms with Crippen LogP contribution in [0.3, 0.4) is 0 Å². The number of amides is 1. The number of aliphatic hydroxyl groups is 1. The molecule has 0 radical (unpaired) electrons. The van der Waals surface area contributed by atoms with E-state index >= 15 is 0 Å². The van der Waals surface area contributed by atoms with E-state index in [1.54, 1.807) is 54.9 Å². The summed E-state index contributed by atoms with van der Waals surface area (Å²) in [4.78, 5) is 31.6. The number of hydrogen-bond donors (Lipinski definition) is 2. The molecule has 0 spiro atoms. The van der Waals surface area contributed by atoms with E-state index in [9.17, 15) is 19.8 Å². The second kappa shape index (κ2) is 9.56. The van der Waals surface area contributed by atoms with Crippen LogP contribution in [0.4, 0.5) is 0 Å². The maximum Gasteiger partial charge on any atom is 0.295 e. The molecule has 1 saturated heterocycles. The smallest absolute Gasteiger partial charge is 0.295 e. The van der Waals surface area contributed by atoms with Gasteiger partial charge in [-0.05, 0) is 60.0 Å². The van der Waals surface area contributed by atoms with Crippen molar-refractivity contribution in [1.29, 1.82) is 0 Å². The van der Waals surface area contributed by atoms with E-state index in [0.29, 0.717) is 23.5 Å². The lowest BCUT2D eigenvalue weighted by Crippen LogP contribution is -2.29. The second-order valence-electron chi connectivity index (χ2n) is 7.75. The van der Waals surface area contributed by atoms with Crippen LogP contribution in [0.5, 0.6) is 11.5 Å². The molecule has 4 rings (SSSR count). The number of benzene rings is 2. The average molecular weight is 444 g/mol. The quantitative estimate of drug-likeness (QED) is 0.322. The number of aliphatic hydroxyl groups excluding tert-OH is 1. The molecule has 0 saturated carbocycles. The number of likely N-dealkylation sites (tertiary alicyclic amines) is 1. The Morgan fingerprint density at radius 1 is 1.06 bits per heavy atom. The zero-order chi connectivity index (χ0) is 23.4. The lowest BCUT2D eigenvalue weighted by atomic mass is 9.95. The standard InChI is InChI=1S/C26H24N2O5/c1-2-14-33-21-11-7-19(8-12-21)24(30)22-23(18-5-9-20(29)10-6-18)28(26(32)25(22)31)16-17-4-3-13-27-15-17/h3-13,15,23,29-30H,2,14,16H2,1H3/b24-22-. The van der Waals surface area contributed by atoms with Gasteiger partial charge < -0.3 is 19.8 Å². The molecule has 2 N–H and O–H groups in total. The Morgan fingerprint density at radius 3 is 2.42 bits per heavy atom. The predicted molar refractivity (Wildman–Crippen MR) is 122 cm³/mol. The summed E-state index contributed by atoms with van der Waals surface area (Å²) in [6, 6.07) is 15.7. The van der Waals surface area contributed by atoms with Gasteiger partial charge in [0.25, 0.3) is 11.7 Å². The van der Waals surface area contributed by atoms with E-state index < -0.39 is 17.7 Å². The third-order valence-corrected chi connectivity index (χ3v) is 5.43. The Hall–Kier alpha value is -4.13. The minimum atomic E-state index is -0.818. The van der Waals surface area contributed by atoms with Crippen molar-refractivity contribution in [2.75, 3.05) is 6.61 Å². The van der Waals surface area contributed by atoms with Crippen LogP contribution < -0.4 is 4.74 Å². The summed E-state index contributed by atoms with van der Waals surface area (Å²) >= 11 is 0. The minimum absolute atomic E-state index is 0.00296. The zero-order valence-corrected chi connectivity index (χ0v) is 18.1. The van der Waals surface area contributed by atoms with Gasteiger partial charge >= 0.3 is 0 Å². The molecule has 2 heterocycles. The number of pyridine rings is 1. The summed E-state index contributed by atoms with van der Waals surface area (Å²) in [5.74, 6) is -1.02. The van der Waals surface area contributed by atoms with Crippen LogP contribution in [0.15, 0.2) is 78.6 Å². The molecule has 7 heteroatoms. The molecule has 1 aliphatic heterocycles. The molecule has 1 fully saturated rings. The molecule has 168 valence electrons. The van der Waals surface area contributed by atoms with Gasteiger partial charge in [0, 0.05) is 24.5 Å². The van der Waals surface area contributed by atoms with Crippen molar-refractivity contribution in [3.63, 3.8) is 0 Å². The predicted octanol–water partition coefficient (Wildman–Crippen LogP) is 4.20. The fraction of sp³-hybridized carbons (Fsp3) is 0.192. The molecule has 0 bridgehead atoms. The number of phenolic OH excluding ortho intramolecular Hbond substituents is 1. The van der Waals surface area contributed by atoms with Gasteiger partial charge in [0.2, 0.25) is 0 Å². The van der Waals surface area contributed by atoms with Gasteiger partial charge in [-0.25, -0.2) is 0 Å². The molecule has 1 aromatic heterocycles. The van der Waals surface area contributed by atoms with E-state index in [4.69, 9.17) is 4.74 Å². The van der Waals surface area contributed by atoms with Crippen molar-refractivity contribution >= 4 is 17.4 Å². The molecule has 3 aromatic rings. The number of hydrogen-bond acceptors (Lipinski definition) is 6. The van der Waals surface area contributed by atoms with E-state index in [0.717, 1.165) is 12.0 Å². The highest BCUT2D eigenvalue weighted by atomic mass is 16.5. The topological polar surface area (TPSA) is 100.0 Å². The van der Waals surface area contributed by atoms with Crippen LogP contribution >= 0.6 is 0 Å². The van der Waals surface area contributed by atoms with Gasteiger partial charge in [-0.1, -0.05) is 25.1 Å². The highest BCUT2D eigenvalue weighted by Gasteiger charge is 2.46. The zero-order valence-electron chi connectivity index (χ0n) is 18.1. The van der Waals surface area contributed by atoms with Gasteiger partial charge in [0.1, 0.15) is 17.3 Å². The summed E-state index contributed by atoms with van der Waals surface area (Å²) < 4.78 is 5.58. The van der Waals surface area contributed by atoms with Gasteiger partial charge in [0.15, 0.2) is 0 Å². The lowest BCUT2D eigenvalue weighted by Gasteiger charge is -2.25. The van der Waals surface area contributed by atoms with Gasteiger partial charge in [0.05, 0.1) is 18.2 Å². The number of phenols is 1. The van der Waals surface area contributed by atoms with E-state index in [1.165, 1.54) is 17.0 Å². The molecule has 1 atom stereocenters. The minimum Gasteiger partial charge on any atom is -0.508 e. The number of aromatic hydroxyl groups is 1. The summed E-state index contributed by atoms with van der Waals surface area (Å²) in [6.07, 6.45) is 4.12. The van der Waals surface area contributed by atoms with Crippen LogP contribution in [0.25, 0.3) is 5.76 Å². The highest BCUT2D eigenvalue weighted by Crippen LogP contribution is 2.40. The van der Waals surface area contributed by atoms with Gasteiger partial charge in [-0.2, -0.15) is 0 Å². The number of aromatic nitrogens is 1. The Morgan fingerprint density at radius 2 is 1.79 bits per heavy atom. The third-order valence-electron chi connectivity index (χ3n) is 5.43. The molecule has 0 aliphatic carbocycles. The van der Waals surface area contributed by atoms with Crippen molar-refractivity contribution in [2.24, 2.45) is 0 Å². The summed E-state index contributed by atoms with van der Waals surface area (Å²) in [5.41, 5.74) is 1.75. The van der Waals surface area contributed by atoms with Crippen LogP contribution in [0.2, 0.25) is 0 Å². The van der Waals surface area contributed by atoms with Crippen molar-refractivity contribution in [1.82, 2.24) is 9.88 Å². The Bertz CT molecular complexity index is 1170. The molecule has 2 aromatic carbocycles. The van der Waals surface area contributed by atoms with E-state index in [2.05, 4.69) is 4.98 Å². The average Bonchev–Trinajstić information content (AvgIpc) is 3.08. The first-order valence-corrected chi connectivity index (χ1v) is 10.7. The fourth-order valence-electron chi connectivity index (χ4n) is 3.82. The summed E-state index contributed by atoms with van der Waals surface area (Å²) in [7, 11) is 0. The largest absolute Gasteiger partial charge is 0.508 e. The number of ketones is 1. The molecular weight excluding hydrogens is 420 g/mol. The van der Waals surface area contributed by atoms with Crippen molar-refractivity contribution in [3.05, 3.63) is 95.3 Å². The number of ether oxygens (including phenoxy) is 1. The first-order chi connectivity index (χ1) is 16.0. The maximum atomic E-state index is 13.1. The van der Waals surface area contributed by atoms with E-state index in [-0.39, 0.29) is 23.6 Å². The Kier molecular flexibility index (Phi) is 6.40. The van der Waals surface area contributed by atoms with Crippen LogP contribution in [0.1, 0.15) is 36.1 Å². The first kappa shape index (κ1) is 22.1. The number of carbonyl (C=O) groups excluding carboxylic acids is 2. The normalized spacial score (nSPS) is 17.4. The van der Waals surface area contributed by atoms with Crippen molar-refractivity contribution in [3.8, 4) is 11.5 Å². The van der Waals surface area contributed by atoms with Crippen molar-refractivity contribution < 1.29 is 24.5 Å². The fourth-order valence-corrected chi connectivity index (χ4v) is 3.82. The lowest BCUT2D eigenvalue weighted by molar-refractivity contribution is -0.140. The summed E-state index contributed by atoms with van der Waals surface area (Å²) in [5, 5.41) is 20.8. The molecule has 1 aliphatic rings. The Balaban J connectivity index is 1.78. The highest BCUT2D eigenvalue weighted by molar-refractivity contribution is 6.46. The third kappa shape index (κ3) is 4.57. The number of rotatable bonds is 7. The molecule has 7 nitrogen and oxygen atoms in total. The van der Waals surface area contributed by atoms with Crippen LogP contribution in [-0.4, -0.2) is 38.4 Å². The Labute approximate surface area is 191 Å². The maximum absolute atomic E-state index is 13.1. The monoisotopic (exact) mass is 444 g/mol. The molecule has 1 amide bonds. The summed E-state index contributed by atoms with van der Waals surface area (Å²) in [6.45, 7) is 2.73. The van der Waals surface area contributed by atoms with Crippen LogP contribution in [0, 0.1) is 0 Å².